The second kappa shape index (κ2) is 7.05. The van der Waals surface area contributed by atoms with E-state index in [9.17, 15) is 10.1 Å². The van der Waals surface area contributed by atoms with Gasteiger partial charge in [-0.1, -0.05) is 22.7 Å². The lowest BCUT2D eigenvalue weighted by Crippen LogP contribution is -2.05. The summed E-state index contributed by atoms with van der Waals surface area (Å²) in [7, 11) is 0. The Balaban J connectivity index is 1.78. The number of rotatable bonds is 6. The summed E-state index contributed by atoms with van der Waals surface area (Å²) >= 11 is 6.04. The highest BCUT2D eigenvalue weighted by molar-refractivity contribution is 6.30. The molecule has 0 spiro atoms. The minimum Gasteiger partial charge on any atom is -0.488 e. The number of nitrogens with zero attached hydrogens (tertiary/aromatic N) is 5. The third-order valence-electron chi connectivity index (χ3n) is 3.16. The lowest BCUT2D eigenvalue weighted by atomic mass is 10.2. The molecule has 0 aliphatic heterocycles. The fourth-order valence-corrected chi connectivity index (χ4v) is 2.27. The summed E-state index contributed by atoms with van der Waals surface area (Å²) in [6.45, 7) is 0.601. The third kappa shape index (κ3) is 3.85. The van der Waals surface area contributed by atoms with Gasteiger partial charge >= 0.3 is 5.95 Å². The molecule has 24 heavy (non-hydrogen) atoms. The number of aromatic nitrogens is 4. The Kier molecular flexibility index (Phi) is 4.66. The first-order valence-corrected chi connectivity index (χ1v) is 7.33. The number of pyridine rings is 1. The normalized spacial score (nSPS) is 10.5. The van der Waals surface area contributed by atoms with E-state index in [0.717, 1.165) is 11.1 Å². The van der Waals surface area contributed by atoms with Crippen molar-refractivity contribution in [3.05, 3.63) is 75.3 Å². The highest BCUT2D eigenvalue weighted by Crippen LogP contribution is 2.24. The summed E-state index contributed by atoms with van der Waals surface area (Å²) in [5.74, 6) is 0.163. The maximum atomic E-state index is 10.7. The van der Waals surface area contributed by atoms with Crippen molar-refractivity contribution < 1.29 is 9.66 Å². The van der Waals surface area contributed by atoms with Gasteiger partial charge in [0.1, 0.15) is 12.4 Å². The molecule has 0 amide bonds. The van der Waals surface area contributed by atoms with Crippen LogP contribution in [-0.2, 0) is 13.2 Å². The molecule has 0 saturated heterocycles. The quantitative estimate of drug-likeness (QED) is 0.503. The zero-order valence-electron chi connectivity index (χ0n) is 12.4. The summed E-state index contributed by atoms with van der Waals surface area (Å²) in [6.07, 6.45) is 4.70. The molecule has 0 aliphatic carbocycles. The number of halogens is 1. The predicted molar refractivity (Wildman–Crippen MR) is 85.8 cm³/mol. The van der Waals surface area contributed by atoms with Crippen molar-refractivity contribution in [3.8, 4) is 5.75 Å². The molecular formula is C15H12ClN5O3. The molecule has 0 saturated carbocycles. The Labute approximate surface area is 141 Å². The summed E-state index contributed by atoms with van der Waals surface area (Å²) in [6, 6.07) is 8.93. The smallest absolute Gasteiger partial charge is 0.488 e. The van der Waals surface area contributed by atoms with Crippen molar-refractivity contribution in [3.63, 3.8) is 0 Å². The number of hydrogen-bond acceptors (Lipinski definition) is 6. The van der Waals surface area contributed by atoms with Crippen LogP contribution in [-0.4, -0.2) is 24.7 Å². The van der Waals surface area contributed by atoms with Crippen LogP contribution >= 0.6 is 11.6 Å². The summed E-state index contributed by atoms with van der Waals surface area (Å²) in [4.78, 5) is 17.7. The standard InChI is InChI=1S/C15H12ClN5O3/c16-13-3-4-14(24-9-11-2-1-5-17-7-11)12(6-13)8-20-10-18-15(19-20)21(22)23/h1-7,10H,8-9H2. The van der Waals surface area contributed by atoms with Gasteiger partial charge < -0.3 is 14.9 Å². The Bertz CT molecular complexity index is 853. The lowest BCUT2D eigenvalue weighted by Gasteiger charge is -2.11. The van der Waals surface area contributed by atoms with Gasteiger partial charge in [-0.05, 0) is 29.2 Å². The Morgan fingerprint density at radius 1 is 1.33 bits per heavy atom. The van der Waals surface area contributed by atoms with Crippen LogP contribution < -0.4 is 4.74 Å². The van der Waals surface area contributed by atoms with E-state index >= 15 is 0 Å². The van der Waals surface area contributed by atoms with E-state index in [-0.39, 0.29) is 6.54 Å². The number of nitro groups is 1. The van der Waals surface area contributed by atoms with Gasteiger partial charge in [0, 0.05) is 33.6 Å². The van der Waals surface area contributed by atoms with Gasteiger partial charge in [-0.3, -0.25) is 4.98 Å². The zero-order valence-corrected chi connectivity index (χ0v) is 13.1. The number of ether oxygens (including phenoxy) is 1. The summed E-state index contributed by atoms with van der Waals surface area (Å²) < 4.78 is 7.17. The van der Waals surface area contributed by atoms with Crippen LogP contribution in [0.2, 0.25) is 5.02 Å². The molecule has 0 atom stereocenters. The van der Waals surface area contributed by atoms with Crippen LogP contribution in [0.15, 0.2) is 49.1 Å². The monoisotopic (exact) mass is 345 g/mol. The molecular weight excluding hydrogens is 334 g/mol. The van der Waals surface area contributed by atoms with E-state index in [2.05, 4.69) is 15.1 Å². The molecule has 0 fully saturated rings. The van der Waals surface area contributed by atoms with E-state index < -0.39 is 10.9 Å². The average Bonchev–Trinajstić information content (AvgIpc) is 3.04. The van der Waals surface area contributed by atoms with Gasteiger partial charge in [0.05, 0.1) is 6.54 Å². The Morgan fingerprint density at radius 2 is 2.21 bits per heavy atom. The fraction of sp³-hybridized carbons (Fsp3) is 0.133. The fourth-order valence-electron chi connectivity index (χ4n) is 2.08. The number of benzene rings is 1. The minimum atomic E-state index is -0.645. The second-order valence-corrected chi connectivity index (χ2v) is 5.34. The molecule has 0 unspecified atom stereocenters. The van der Waals surface area contributed by atoms with Crippen LogP contribution in [0, 0.1) is 10.1 Å². The van der Waals surface area contributed by atoms with Crippen LogP contribution in [0.5, 0.6) is 5.75 Å². The number of hydrogen-bond donors (Lipinski definition) is 0. The van der Waals surface area contributed by atoms with Gasteiger partial charge in [-0.15, -0.1) is 0 Å². The van der Waals surface area contributed by atoms with Gasteiger partial charge in [0.15, 0.2) is 0 Å². The highest BCUT2D eigenvalue weighted by atomic mass is 35.5. The van der Waals surface area contributed by atoms with Gasteiger partial charge in [0.2, 0.25) is 6.33 Å². The molecule has 0 radical (unpaired) electrons. The van der Waals surface area contributed by atoms with Gasteiger partial charge in [0.25, 0.3) is 0 Å². The first-order chi connectivity index (χ1) is 11.6. The van der Waals surface area contributed by atoms with Gasteiger partial charge in [-0.25, -0.2) is 0 Å². The molecule has 2 heterocycles. The zero-order chi connectivity index (χ0) is 16.9. The van der Waals surface area contributed by atoms with Crippen molar-refractivity contribution in [1.29, 1.82) is 0 Å². The molecule has 122 valence electrons. The summed E-state index contributed by atoms with van der Waals surface area (Å²) in [5, 5.41) is 15.0. The van der Waals surface area contributed by atoms with Gasteiger partial charge in [-0.2, -0.15) is 4.68 Å². The van der Waals surface area contributed by atoms with E-state index in [1.54, 1.807) is 30.6 Å². The highest BCUT2D eigenvalue weighted by Gasteiger charge is 2.15. The van der Waals surface area contributed by atoms with Crippen molar-refractivity contribution in [2.75, 3.05) is 0 Å². The SMILES string of the molecule is O=[N+]([O-])c1ncn(Cc2cc(Cl)ccc2OCc2cccnc2)n1. The van der Waals surface area contributed by atoms with Crippen LogP contribution in [0.3, 0.4) is 0 Å². The van der Waals surface area contributed by atoms with E-state index in [1.807, 2.05) is 12.1 Å². The molecule has 0 N–H and O–H groups in total. The van der Waals surface area contributed by atoms with E-state index in [4.69, 9.17) is 16.3 Å². The maximum Gasteiger partial charge on any atom is 0.490 e. The van der Waals surface area contributed by atoms with Crippen molar-refractivity contribution >= 4 is 17.5 Å². The second-order valence-electron chi connectivity index (χ2n) is 4.90. The Morgan fingerprint density at radius 3 is 2.92 bits per heavy atom. The first kappa shape index (κ1) is 15.9. The largest absolute Gasteiger partial charge is 0.490 e. The maximum absolute atomic E-state index is 10.7. The topological polar surface area (TPSA) is 96.0 Å². The predicted octanol–water partition coefficient (Wildman–Crippen LogP) is 2.86. The van der Waals surface area contributed by atoms with E-state index in [1.165, 1.54) is 11.0 Å². The molecule has 1 aromatic carbocycles. The average molecular weight is 346 g/mol. The molecule has 8 nitrogen and oxygen atoms in total. The van der Waals surface area contributed by atoms with Crippen LogP contribution in [0.4, 0.5) is 5.95 Å². The lowest BCUT2D eigenvalue weighted by molar-refractivity contribution is -0.394. The van der Waals surface area contributed by atoms with Crippen molar-refractivity contribution in [1.82, 2.24) is 19.7 Å². The third-order valence-corrected chi connectivity index (χ3v) is 3.39. The van der Waals surface area contributed by atoms with Crippen molar-refractivity contribution in [2.24, 2.45) is 0 Å². The first-order valence-electron chi connectivity index (χ1n) is 6.96. The van der Waals surface area contributed by atoms with Crippen LogP contribution in [0.1, 0.15) is 11.1 Å². The molecule has 3 rings (SSSR count). The molecule has 2 aromatic heterocycles. The van der Waals surface area contributed by atoms with Crippen LogP contribution in [0.25, 0.3) is 0 Å². The Hall–Kier alpha value is -3.00. The molecule has 3 aromatic rings. The molecule has 0 aliphatic rings. The minimum absolute atomic E-state index is 0.254. The molecule has 9 heteroatoms. The molecule has 0 bridgehead atoms. The van der Waals surface area contributed by atoms with E-state index in [0.29, 0.717) is 17.4 Å². The van der Waals surface area contributed by atoms with Crippen molar-refractivity contribution in [2.45, 2.75) is 13.2 Å². The summed E-state index contributed by atoms with van der Waals surface area (Å²) in [5.41, 5.74) is 1.67.